The predicted molar refractivity (Wildman–Crippen MR) is 113 cm³/mol. The third kappa shape index (κ3) is 4.27. The number of methoxy groups -OCH3 is 1. The molecule has 0 fully saturated rings. The van der Waals surface area contributed by atoms with E-state index in [1.54, 1.807) is 0 Å². The second-order valence-corrected chi connectivity index (χ2v) is 7.52. The molecule has 0 radical (unpaired) electrons. The summed E-state index contributed by atoms with van der Waals surface area (Å²) in [5.74, 6) is -0.593. The smallest absolute Gasteiger partial charge is 0.328 e. The Morgan fingerprint density at radius 1 is 1.14 bits per heavy atom. The number of H-pyrrole nitrogens is 2. The highest BCUT2D eigenvalue weighted by atomic mass is 32.2. The summed E-state index contributed by atoms with van der Waals surface area (Å²) in [6.07, 6.45) is 2.20. The molecule has 2 aromatic carbocycles. The van der Waals surface area contributed by atoms with Gasteiger partial charge in [0.15, 0.2) is 5.16 Å². The van der Waals surface area contributed by atoms with Crippen molar-refractivity contribution in [2.45, 2.75) is 17.6 Å². The summed E-state index contributed by atoms with van der Waals surface area (Å²) in [6, 6.07) is 14.7. The standard InChI is InChI=1S/C21H20N4O3S/c1-28-20(27)18(10-13-11-22-15-7-3-2-6-14(13)15)23-19(26)12-29-21-24-16-8-4-5-9-17(16)25-21/h2-9,11,18,22H,10,12H2,1H3,(H,23,26)(H,24,25)/t18-/m0/s1. The van der Waals surface area contributed by atoms with Gasteiger partial charge in [0.05, 0.1) is 23.9 Å². The molecule has 7 nitrogen and oxygen atoms in total. The van der Waals surface area contributed by atoms with Crippen molar-refractivity contribution in [3.05, 3.63) is 60.3 Å². The number of thioether (sulfide) groups is 1. The third-order valence-corrected chi connectivity index (χ3v) is 5.50. The van der Waals surface area contributed by atoms with E-state index in [9.17, 15) is 9.59 Å². The molecule has 0 saturated carbocycles. The minimum Gasteiger partial charge on any atom is -0.467 e. The van der Waals surface area contributed by atoms with Gasteiger partial charge >= 0.3 is 5.97 Å². The summed E-state index contributed by atoms with van der Waals surface area (Å²) in [5.41, 5.74) is 3.70. The third-order valence-electron chi connectivity index (χ3n) is 4.63. The number of fused-ring (bicyclic) bond motifs is 2. The molecular weight excluding hydrogens is 388 g/mol. The first-order valence-corrected chi connectivity index (χ1v) is 10.1. The Morgan fingerprint density at radius 2 is 1.90 bits per heavy atom. The van der Waals surface area contributed by atoms with Crippen LogP contribution in [0.1, 0.15) is 5.56 Å². The second-order valence-electron chi connectivity index (χ2n) is 6.55. The molecular formula is C21H20N4O3S. The largest absolute Gasteiger partial charge is 0.467 e. The van der Waals surface area contributed by atoms with Gasteiger partial charge in [-0.15, -0.1) is 0 Å². The zero-order valence-corrected chi connectivity index (χ0v) is 16.6. The maximum absolute atomic E-state index is 12.5. The van der Waals surface area contributed by atoms with Crippen molar-refractivity contribution in [1.82, 2.24) is 20.3 Å². The first-order chi connectivity index (χ1) is 14.1. The van der Waals surface area contributed by atoms with Gasteiger partial charge < -0.3 is 20.0 Å². The molecule has 8 heteroatoms. The van der Waals surface area contributed by atoms with Crippen LogP contribution in [-0.4, -0.2) is 45.7 Å². The van der Waals surface area contributed by atoms with Crippen molar-refractivity contribution in [3.63, 3.8) is 0 Å². The number of rotatable bonds is 7. The molecule has 3 N–H and O–H groups in total. The highest BCUT2D eigenvalue weighted by molar-refractivity contribution is 7.99. The Kier molecular flexibility index (Phi) is 5.53. The Morgan fingerprint density at radius 3 is 2.69 bits per heavy atom. The van der Waals surface area contributed by atoms with Gasteiger partial charge in [0.25, 0.3) is 0 Å². The van der Waals surface area contributed by atoms with Gasteiger partial charge in [0.1, 0.15) is 6.04 Å². The average molecular weight is 408 g/mol. The number of hydrogen-bond donors (Lipinski definition) is 3. The Bertz CT molecular complexity index is 1130. The fourth-order valence-electron chi connectivity index (χ4n) is 3.22. The molecule has 0 spiro atoms. The number of nitrogens with one attached hydrogen (secondary N) is 3. The van der Waals surface area contributed by atoms with Crippen molar-refractivity contribution < 1.29 is 14.3 Å². The molecule has 2 heterocycles. The van der Waals surface area contributed by atoms with E-state index in [1.807, 2.05) is 54.7 Å². The molecule has 0 unspecified atom stereocenters. The van der Waals surface area contributed by atoms with E-state index in [4.69, 9.17) is 4.74 Å². The zero-order chi connectivity index (χ0) is 20.2. The fraction of sp³-hybridized carbons (Fsp3) is 0.190. The molecule has 4 rings (SSSR count). The lowest BCUT2D eigenvalue weighted by molar-refractivity contribution is -0.144. The zero-order valence-electron chi connectivity index (χ0n) is 15.8. The number of esters is 1. The summed E-state index contributed by atoms with van der Waals surface area (Å²) < 4.78 is 4.89. The van der Waals surface area contributed by atoms with E-state index in [2.05, 4.69) is 20.3 Å². The summed E-state index contributed by atoms with van der Waals surface area (Å²) in [4.78, 5) is 35.5. The number of carbonyl (C=O) groups is 2. The van der Waals surface area contributed by atoms with Crippen molar-refractivity contribution in [1.29, 1.82) is 0 Å². The molecule has 2 aromatic heterocycles. The van der Waals surface area contributed by atoms with Crippen LogP contribution in [-0.2, 0) is 20.7 Å². The van der Waals surface area contributed by atoms with Crippen LogP contribution in [0.4, 0.5) is 0 Å². The number of amides is 1. The highest BCUT2D eigenvalue weighted by Gasteiger charge is 2.23. The van der Waals surface area contributed by atoms with Gasteiger partial charge in [-0.1, -0.05) is 42.1 Å². The Balaban J connectivity index is 1.42. The van der Waals surface area contributed by atoms with Crippen LogP contribution in [0.15, 0.2) is 59.9 Å². The van der Waals surface area contributed by atoms with E-state index in [0.717, 1.165) is 27.5 Å². The number of benzene rings is 2. The van der Waals surface area contributed by atoms with E-state index in [-0.39, 0.29) is 11.7 Å². The number of imidazole rings is 1. The van der Waals surface area contributed by atoms with Gasteiger partial charge in [-0.25, -0.2) is 9.78 Å². The number of aromatic nitrogens is 3. The molecule has 0 saturated heterocycles. The van der Waals surface area contributed by atoms with Gasteiger partial charge in [0.2, 0.25) is 5.91 Å². The summed E-state index contributed by atoms with van der Waals surface area (Å²) in [6.45, 7) is 0. The lowest BCUT2D eigenvalue weighted by Gasteiger charge is -2.16. The van der Waals surface area contributed by atoms with Crippen LogP contribution in [0, 0.1) is 0 Å². The van der Waals surface area contributed by atoms with Crippen molar-refractivity contribution >= 4 is 45.6 Å². The SMILES string of the molecule is COC(=O)[C@H](Cc1c[nH]c2ccccc12)NC(=O)CSc1nc2ccccc2[nH]1. The molecule has 29 heavy (non-hydrogen) atoms. The number of nitrogens with zero attached hydrogens (tertiary/aromatic N) is 1. The van der Waals surface area contributed by atoms with Gasteiger partial charge in [0, 0.05) is 23.5 Å². The van der Waals surface area contributed by atoms with Gasteiger partial charge in [-0.3, -0.25) is 4.79 Å². The maximum atomic E-state index is 12.5. The quantitative estimate of drug-likeness (QED) is 0.322. The van der Waals surface area contributed by atoms with Crippen LogP contribution in [0.5, 0.6) is 0 Å². The molecule has 0 aliphatic rings. The monoisotopic (exact) mass is 408 g/mol. The normalized spacial score (nSPS) is 12.2. The number of ether oxygens (including phenoxy) is 1. The molecule has 1 atom stereocenters. The molecule has 148 valence electrons. The number of hydrogen-bond acceptors (Lipinski definition) is 5. The minimum atomic E-state index is -0.761. The van der Waals surface area contributed by atoms with E-state index in [0.29, 0.717) is 11.6 Å². The van der Waals surface area contributed by atoms with Crippen molar-refractivity contribution in [2.24, 2.45) is 0 Å². The Labute approximate surface area is 171 Å². The average Bonchev–Trinajstić information content (AvgIpc) is 3.35. The summed E-state index contributed by atoms with van der Waals surface area (Å²) >= 11 is 1.29. The van der Waals surface area contributed by atoms with Crippen LogP contribution in [0.3, 0.4) is 0 Å². The molecule has 0 aliphatic carbocycles. The molecule has 0 bridgehead atoms. The van der Waals surface area contributed by atoms with E-state index in [1.165, 1.54) is 18.9 Å². The molecule has 4 aromatic rings. The molecule has 0 aliphatic heterocycles. The maximum Gasteiger partial charge on any atom is 0.328 e. The summed E-state index contributed by atoms with van der Waals surface area (Å²) in [7, 11) is 1.32. The van der Waals surface area contributed by atoms with Crippen molar-refractivity contribution in [2.75, 3.05) is 12.9 Å². The second kappa shape index (κ2) is 8.40. The Hall–Kier alpha value is -3.26. The lowest BCUT2D eigenvalue weighted by atomic mass is 10.0. The van der Waals surface area contributed by atoms with Gasteiger partial charge in [-0.2, -0.15) is 0 Å². The van der Waals surface area contributed by atoms with Crippen LogP contribution in [0.2, 0.25) is 0 Å². The lowest BCUT2D eigenvalue weighted by Crippen LogP contribution is -2.43. The van der Waals surface area contributed by atoms with Crippen molar-refractivity contribution in [3.8, 4) is 0 Å². The number of carbonyl (C=O) groups excluding carboxylic acids is 2. The first-order valence-electron chi connectivity index (χ1n) is 9.14. The van der Waals surface area contributed by atoms with Crippen LogP contribution in [0.25, 0.3) is 21.9 Å². The highest BCUT2D eigenvalue weighted by Crippen LogP contribution is 2.21. The number of aromatic amines is 2. The number of para-hydroxylation sites is 3. The van der Waals surface area contributed by atoms with Crippen LogP contribution < -0.4 is 5.32 Å². The topological polar surface area (TPSA) is 99.9 Å². The first kappa shape index (κ1) is 19.1. The van der Waals surface area contributed by atoms with E-state index < -0.39 is 12.0 Å². The summed E-state index contributed by atoms with van der Waals surface area (Å²) in [5, 5.41) is 4.47. The van der Waals surface area contributed by atoms with Gasteiger partial charge in [-0.05, 0) is 23.8 Å². The molecule has 1 amide bonds. The minimum absolute atomic E-state index is 0.140. The fourth-order valence-corrected chi connectivity index (χ4v) is 3.92. The van der Waals surface area contributed by atoms with Crippen LogP contribution >= 0.6 is 11.8 Å². The predicted octanol–water partition coefficient (Wildman–Crippen LogP) is 3.04. The van der Waals surface area contributed by atoms with E-state index >= 15 is 0 Å².